The molecule has 2 unspecified atom stereocenters. The molecule has 0 aliphatic carbocycles. The van der Waals surface area contributed by atoms with Crippen LogP contribution >= 0.6 is 0 Å². The minimum atomic E-state index is -1.13. The van der Waals surface area contributed by atoms with E-state index in [4.69, 9.17) is 10.2 Å². The monoisotopic (exact) mass is 273 g/mol. The van der Waals surface area contributed by atoms with Gasteiger partial charge >= 0.3 is 12.0 Å². The minimum absolute atomic E-state index is 0.0134. The Labute approximate surface area is 113 Å². The quantitative estimate of drug-likeness (QED) is 0.631. The van der Waals surface area contributed by atoms with Crippen molar-refractivity contribution in [3.8, 4) is 0 Å². The maximum absolute atomic E-state index is 12.0. The lowest BCUT2D eigenvalue weighted by Crippen LogP contribution is -2.53. The van der Waals surface area contributed by atoms with Crippen LogP contribution in [0.25, 0.3) is 0 Å². The summed E-state index contributed by atoms with van der Waals surface area (Å²) in [5.74, 6) is -1.13. The summed E-state index contributed by atoms with van der Waals surface area (Å²) in [6, 6.07) is -1.34. The van der Waals surface area contributed by atoms with Gasteiger partial charge in [-0.05, 0) is 26.4 Å². The zero-order valence-electron chi connectivity index (χ0n) is 11.5. The zero-order chi connectivity index (χ0) is 14.4. The molecule has 1 fully saturated rings. The molecule has 0 bridgehead atoms. The van der Waals surface area contributed by atoms with E-state index in [1.807, 2.05) is 7.05 Å². The fraction of sp³-hybridized carbons (Fsp3) is 0.833. The van der Waals surface area contributed by atoms with Crippen LogP contribution in [0.3, 0.4) is 0 Å². The second-order valence-electron chi connectivity index (χ2n) is 5.02. The second kappa shape index (κ2) is 7.30. The third-order valence-corrected chi connectivity index (χ3v) is 3.48. The molecule has 0 aromatic rings. The summed E-state index contributed by atoms with van der Waals surface area (Å²) in [6.45, 7) is 1.54. The summed E-state index contributed by atoms with van der Waals surface area (Å²) in [6.07, 6.45) is 1.96. The average Bonchev–Trinajstić information content (AvgIpc) is 2.37. The molecule has 0 spiro atoms. The lowest BCUT2D eigenvalue weighted by molar-refractivity contribution is -0.139. The molecule has 1 heterocycles. The fourth-order valence-corrected chi connectivity index (χ4v) is 2.26. The Balaban J connectivity index is 2.53. The first kappa shape index (κ1) is 15.7. The van der Waals surface area contributed by atoms with E-state index < -0.39 is 18.0 Å². The Bertz CT molecular complexity index is 324. The van der Waals surface area contributed by atoms with Crippen molar-refractivity contribution in [2.24, 2.45) is 0 Å². The van der Waals surface area contributed by atoms with Crippen molar-refractivity contribution in [3.63, 3.8) is 0 Å². The molecule has 1 aliphatic rings. The molecule has 110 valence electrons. The lowest BCUT2D eigenvalue weighted by Gasteiger charge is -2.36. The molecular formula is C12H23N3O4. The highest BCUT2D eigenvalue weighted by molar-refractivity contribution is 5.82. The molecule has 1 aliphatic heterocycles. The number of likely N-dealkylation sites (N-methyl/N-ethyl adjacent to an activating group) is 2. The van der Waals surface area contributed by atoms with Gasteiger partial charge in [0.1, 0.15) is 6.04 Å². The number of nitrogens with one attached hydrogen (secondary N) is 1. The number of carbonyl (C=O) groups is 2. The normalized spacial score (nSPS) is 21.7. The largest absolute Gasteiger partial charge is 0.480 e. The Kier molecular flexibility index (Phi) is 6.04. The van der Waals surface area contributed by atoms with Gasteiger partial charge in [0.25, 0.3) is 0 Å². The molecule has 2 amide bonds. The van der Waals surface area contributed by atoms with Crippen LogP contribution in [-0.2, 0) is 4.79 Å². The predicted octanol–water partition coefficient (Wildman–Crippen LogP) is -0.442. The van der Waals surface area contributed by atoms with Crippen LogP contribution < -0.4 is 5.32 Å². The van der Waals surface area contributed by atoms with Crippen LogP contribution in [0.4, 0.5) is 4.79 Å². The first-order valence-electron chi connectivity index (χ1n) is 6.51. The molecule has 7 heteroatoms. The molecule has 1 rings (SSSR count). The van der Waals surface area contributed by atoms with E-state index in [-0.39, 0.29) is 19.1 Å². The summed E-state index contributed by atoms with van der Waals surface area (Å²) in [5, 5.41) is 20.2. The summed E-state index contributed by atoms with van der Waals surface area (Å²) in [4.78, 5) is 26.6. The van der Waals surface area contributed by atoms with Crippen molar-refractivity contribution in [3.05, 3.63) is 0 Å². The number of carboxylic acids is 1. The van der Waals surface area contributed by atoms with E-state index in [9.17, 15) is 9.59 Å². The first-order valence-corrected chi connectivity index (χ1v) is 6.51. The zero-order valence-corrected chi connectivity index (χ0v) is 11.5. The number of aliphatic hydroxyl groups excluding tert-OH is 1. The van der Waals surface area contributed by atoms with Crippen molar-refractivity contribution in [1.29, 1.82) is 0 Å². The number of aliphatic carboxylic acids is 1. The number of carbonyl (C=O) groups excluding carboxylic acids is 1. The van der Waals surface area contributed by atoms with Gasteiger partial charge in [-0.3, -0.25) is 0 Å². The van der Waals surface area contributed by atoms with Gasteiger partial charge in [0.2, 0.25) is 0 Å². The molecule has 2 atom stereocenters. The van der Waals surface area contributed by atoms with Crippen molar-refractivity contribution in [2.75, 3.05) is 33.8 Å². The number of nitrogens with zero attached hydrogens (tertiary/aromatic N) is 2. The van der Waals surface area contributed by atoms with Gasteiger partial charge in [0.15, 0.2) is 0 Å². The van der Waals surface area contributed by atoms with Crippen molar-refractivity contribution in [2.45, 2.75) is 31.3 Å². The van der Waals surface area contributed by atoms with E-state index in [0.717, 1.165) is 25.9 Å². The topological polar surface area (TPSA) is 93.1 Å². The van der Waals surface area contributed by atoms with Crippen LogP contribution in [-0.4, -0.2) is 77.9 Å². The molecule has 7 nitrogen and oxygen atoms in total. The first-order chi connectivity index (χ1) is 8.95. The Hall–Kier alpha value is -1.34. The van der Waals surface area contributed by atoms with Crippen molar-refractivity contribution >= 4 is 12.0 Å². The molecule has 0 aromatic carbocycles. The van der Waals surface area contributed by atoms with E-state index in [1.165, 1.54) is 0 Å². The Morgan fingerprint density at radius 1 is 1.53 bits per heavy atom. The minimum Gasteiger partial charge on any atom is -0.480 e. The highest BCUT2D eigenvalue weighted by Gasteiger charge is 2.27. The highest BCUT2D eigenvalue weighted by Crippen LogP contribution is 2.13. The second-order valence-corrected chi connectivity index (χ2v) is 5.02. The predicted molar refractivity (Wildman–Crippen MR) is 69.9 cm³/mol. The van der Waals surface area contributed by atoms with Crippen LogP contribution in [0.5, 0.6) is 0 Å². The van der Waals surface area contributed by atoms with Crippen molar-refractivity contribution < 1.29 is 19.8 Å². The summed E-state index contributed by atoms with van der Waals surface area (Å²) in [5.41, 5.74) is 0. The summed E-state index contributed by atoms with van der Waals surface area (Å²) >= 11 is 0. The van der Waals surface area contributed by atoms with Gasteiger partial charge < -0.3 is 25.3 Å². The van der Waals surface area contributed by atoms with Crippen molar-refractivity contribution in [1.82, 2.24) is 15.1 Å². The van der Waals surface area contributed by atoms with Gasteiger partial charge in [-0.1, -0.05) is 0 Å². The van der Waals surface area contributed by atoms with Gasteiger partial charge in [0.05, 0.1) is 0 Å². The number of likely N-dealkylation sites (tertiary alicyclic amines) is 1. The third-order valence-electron chi connectivity index (χ3n) is 3.48. The maximum Gasteiger partial charge on any atom is 0.326 e. The summed E-state index contributed by atoms with van der Waals surface area (Å²) in [7, 11) is 3.68. The molecule has 3 N–H and O–H groups in total. The summed E-state index contributed by atoms with van der Waals surface area (Å²) < 4.78 is 0. The molecular weight excluding hydrogens is 250 g/mol. The molecule has 0 radical (unpaired) electrons. The average molecular weight is 273 g/mol. The number of hydrogen-bond acceptors (Lipinski definition) is 4. The van der Waals surface area contributed by atoms with E-state index in [0.29, 0.717) is 0 Å². The van der Waals surface area contributed by atoms with Gasteiger partial charge in [-0.15, -0.1) is 0 Å². The third kappa shape index (κ3) is 4.68. The number of rotatable bonds is 5. The number of carboxylic acid groups (broad SMARTS) is 1. The standard InChI is InChI=1S/C12H23N3O4/c1-14-6-3-4-9(8-14)15(2)12(19)13-10(5-7-16)11(17)18/h9-10,16H,3-8H2,1-2H3,(H,13,19)(H,17,18). The number of amides is 2. The molecule has 0 saturated carbocycles. The SMILES string of the molecule is CN1CCCC(N(C)C(=O)NC(CCO)C(=O)O)C1. The highest BCUT2D eigenvalue weighted by atomic mass is 16.4. The van der Waals surface area contributed by atoms with Crippen LogP contribution in [0.1, 0.15) is 19.3 Å². The smallest absolute Gasteiger partial charge is 0.326 e. The maximum atomic E-state index is 12.0. The van der Waals surface area contributed by atoms with E-state index in [2.05, 4.69) is 10.2 Å². The fourth-order valence-electron chi connectivity index (χ4n) is 2.26. The number of hydrogen-bond donors (Lipinski definition) is 3. The number of piperidine rings is 1. The Morgan fingerprint density at radius 3 is 2.74 bits per heavy atom. The van der Waals surface area contributed by atoms with Crippen LogP contribution in [0.2, 0.25) is 0 Å². The molecule has 0 aromatic heterocycles. The van der Waals surface area contributed by atoms with Crippen LogP contribution in [0.15, 0.2) is 0 Å². The van der Waals surface area contributed by atoms with Crippen LogP contribution in [0, 0.1) is 0 Å². The molecule has 1 saturated heterocycles. The van der Waals surface area contributed by atoms with Gasteiger partial charge in [-0.2, -0.15) is 0 Å². The number of aliphatic hydroxyl groups is 1. The Morgan fingerprint density at radius 2 is 2.21 bits per heavy atom. The number of urea groups is 1. The van der Waals surface area contributed by atoms with Gasteiger partial charge in [0, 0.05) is 32.7 Å². The van der Waals surface area contributed by atoms with E-state index >= 15 is 0 Å². The van der Waals surface area contributed by atoms with E-state index in [1.54, 1.807) is 11.9 Å². The lowest BCUT2D eigenvalue weighted by atomic mass is 10.1. The van der Waals surface area contributed by atoms with Gasteiger partial charge in [-0.25, -0.2) is 9.59 Å². The molecule has 19 heavy (non-hydrogen) atoms.